The van der Waals surface area contributed by atoms with Gasteiger partial charge in [-0.15, -0.1) is 0 Å². The largest absolute Gasteiger partial charge is 0.364 e. The van der Waals surface area contributed by atoms with Crippen LogP contribution in [-0.4, -0.2) is 30.1 Å². The Kier molecular flexibility index (Phi) is 2.56. The lowest BCUT2D eigenvalue weighted by atomic mass is 10.3. The monoisotopic (exact) mass is 241 g/mol. The van der Waals surface area contributed by atoms with E-state index in [1.165, 1.54) is 6.33 Å². The van der Waals surface area contributed by atoms with Crippen molar-refractivity contribution >= 4 is 16.9 Å². The molecule has 0 aliphatic heterocycles. The molecule has 0 aromatic carbocycles. The van der Waals surface area contributed by atoms with Crippen LogP contribution < -0.4 is 5.32 Å². The molecule has 90 valence electrons. The van der Waals surface area contributed by atoms with Gasteiger partial charge in [0.2, 0.25) is 0 Å². The summed E-state index contributed by atoms with van der Waals surface area (Å²) in [5.74, 6) is 0.733. The van der Waals surface area contributed by atoms with E-state index in [4.69, 9.17) is 0 Å². The average Bonchev–Trinajstić information content (AvgIpc) is 2.85. The predicted molar refractivity (Wildman–Crippen MR) is 65.8 cm³/mol. The van der Waals surface area contributed by atoms with Gasteiger partial charge in [-0.3, -0.25) is 15.1 Å². The maximum atomic E-state index is 4.36. The van der Waals surface area contributed by atoms with Crippen molar-refractivity contribution in [2.45, 2.75) is 13.5 Å². The Morgan fingerprint density at radius 3 is 3.06 bits per heavy atom. The lowest BCUT2D eigenvalue weighted by Gasteiger charge is -2.05. The molecule has 0 radical (unpaired) electrons. The fourth-order valence-corrected chi connectivity index (χ4v) is 1.68. The van der Waals surface area contributed by atoms with Crippen molar-refractivity contribution in [3.8, 4) is 0 Å². The van der Waals surface area contributed by atoms with E-state index in [-0.39, 0.29) is 0 Å². The molecule has 7 heteroatoms. The molecule has 3 rings (SSSR count). The molecule has 0 aliphatic carbocycles. The van der Waals surface area contributed by atoms with E-state index in [1.54, 1.807) is 18.6 Å². The van der Waals surface area contributed by atoms with Crippen molar-refractivity contribution in [3.05, 3.63) is 36.3 Å². The number of hydrogen-bond donors (Lipinski definition) is 2. The molecule has 0 saturated heterocycles. The highest BCUT2D eigenvalue weighted by Crippen LogP contribution is 2.16. The fraction of sp³-hybridized carbons (Fsp3) is 0.182. The summed E-state index contributed by atoms with van der Waals surface area (Å²) in [4.78, 5) is 16.7. The number of aromatic amines is 1. The van der Waals surface area contributed by atoms with E-state index in [2.05, 4.69) is 35.5 Å². The molecule has 3 heterocycles. The van der Waals surface area contributed by atoms with Crippen molar-refractivity contribution in [1.82, 2.24) is 30.1 Å². The summed E-state index contributed by atoms with van der Waals surface area (Å²) in [6.07, 6.45) is 6.64. The van der Waals surface area contributed by atoms with Gasteiger partial charge in [0, 0.05) is 6.20 Å². The molecule has 0 atom stereocenters. The zero-order chi connectivity index (χ0) is 12.4. The highest BCUT2D eigenvalue weighted by Gasteiger charge is 2.05. The Morgan fingerprint density at radius 1 is 1.22 bits per heavy atom. The molecule has 0 saturated carbocycles. The highest BCUT2D eigenvalue weighted by atomic mass is 15.2. The number of aromatic nitrogens is 6. The van der Waals surface area contributed by atoms with E-state index in [1.807, 2.05) is 6.92 Å². The van der Waals surface area contributed by atoms with Crippen molar-refractivity contribution in [1.29, 1.82) is 0 Å². The standard InChI is InChI=1S/C11H11N7/c1-7-2-12-3-8(17-7)4-13-10-9-5-16-18-11(9)15-6-14-10/h2-3,5-6H,4H2,1H3,(H2,13,14,15,16,18). The number of nitrogens with one attached hydrogen (secondary N) is 2. The summed E-state index contributed by atoms with van der Waals surface area (Å²) < 4.78 is 0. The molecule has 0 bridgehead atoms. The first-order valence-corrected chi connectivity index (χ1v) is 5.48. The first kappa shape index (κ1) is 10.6. The van der Waals surface area contributed by atoms with Gasteiger partial charge in [0.1, 0.15) is 12.1 Å². The van der Waals surface area contributed by atoms with Gasteiger partial charge in [0.25, 0.3) is 0 Å². The molecular weight excluding hydrogens is 230 g/mol. The van der Waals surface area contributed by atoms with Crippen LogP contribution in [0.4, 0.5) is 5.82 Å². The summed E-state index contributed by atoms with van der Waals surface area (Å²) in [6.45, 7) is 2.47. The smallest absolute Gasteiger partial charge is 0.160 e. The van der Waals surface area contributed by atoms with Crippen LogP contribution in [0, 0.1) is 6.92 Å². The van der Waals surface area contributed by atoms with Gasteiger partial charge < -0.3 is 5.32 Å². The molecule has 3 aromatic heterocycles. The van der Waals surface area contributed by atoms with Crippen molar-refractivity contribution in [2.75, 3.05) is 5.32 Å². The lowest BCUT2D eigenvalue weighted by Crippen LogP contribution is -2.05. The van der Waals surface area contributed by atoms with Crippen LogP contribution in [0.5, 0.6) is 0 Å². The minimum Gasteiger partial charge on any atom is -0.364 e. The molecular formula is C11H11N7. The maximum Gasteiger partial charge on any atom is 0.160 e. The molecule has 0 unspecified atom stereocenters. The number of H-pyrrole nitrogens is 1. The number of anilines is 1. The van der Waals surface area contributed by atoms with E-state index >= 15 is 0 Å². The Morgan fingerprint density at radius 2 is 2.17 bits per heavy atom. The van der Waals surface area contributed by atoms with Crippen LogP contribution in [-0.2, 0) is 6.54 Å². The average molecular weight is 241 g/mol. The van der Waals surface area contributed by atoms with Crippen molar-refractivity contribution in [2.24, 2.45) is 0 Å². The minimum atomic E-state index is 0.561. The summed E-state index contributed by atoms with van der Waals surface area (Å²) in [6, 6.07) is 0. The Labute approximate surface area is 103 Å². The number of hydrogen-bond acceptors (Lipinski definition) is 6. The normalized spacial score (nSPS) is 10.7. The number of aryl methyl sites for hydroxylation is 1. The van der Waals surface area contributed by atoms with Gasteiger partial charge in [-0.05, 0) is 6.92 Å². The second-order valence-electron chi connectivity index (χ2n) is 3.86. The maximum absolute atomic E-state index is 4.36. The van der Waals surface area contributed by atoms with Crippen molar-refractivity contribution in [3.63, 3.8) is 0 Å². The molecule has 3 aromatic rings. The zero-order valence-corrected chi connectivity index (χ0v) is 9.75. The lowest BCUT2D eigenvalue weighted by molar-refractivity contribution is 0.968. The third-order valence-electron chi connectivity index (χ3n) is 2.49. The predicted octanol–water partition coefficient (Wildman–Crippen LogP) is 1.06. The molecule has 18 heavy (non-hydrogen) atoms. The second kappa shape index (κ2) is 4.36. The molecule has 0 amide bonds. The summed E-state index contributed by atoms with van der Waals surface area (Å²) in [5, 5.41) is 10.8. The van der Waals surface area contributed by atoms with Gasteiger partial charge in [0.15, 0.2) is 5.65 Å². The van der Waals surface area contributed by atoms with Crippen LogP contribution >= 0.6 is 0 Å². The molecule has 2 N–H and O–H groups in total. The summed E-state index contributed by atoms with van der Waals surface area (Å²) >= 11 is 0. The molecule has 7 nitrogen and oxygen atoms in total. The third kappa shape index (κ3) is 1.97. The van der Waals surface area contributed by atoms with E-state index in [0.29, 0.717) is 12.2 Å². The molecule has 0 fully saturated rings. The highest BCUT2D eigenvalue weighted by molar-refractivity contribution is 5.85. The van der Waals surface area contributed by atoms with Crippen LogP contribution in [0.15, 0.2) is 24.9 Å². The SMILES string of the molecule is Cc1cncc(CNc2ncnc3[nH]ncc23)n1. The van der Waals surface area contributed by atoms with Gasteiger partial charge in [-0.1, -0.05) is 0 Å². The molecule has 0 aliphatic rings. The zero-order valence-electron chi connectivity index (χ0n) is 9.75. The van der Waals surface area contributed by atoms with Gasteiger partial charge in [0.05, 0.1) is 35.7 Å². The van der Waals surface area contributed by atoms with Gasteiger partial charge in [-0.2, -0.15) is 5.10 Å². The van der Waals surface area contributed by atoms with E-state index in [9.17, 15) is 0 Å². The Bertz CT molecular complexity index is 676. The van der Waals surface area contributed by atoms with E-state index in [0.717, 1.165) is 22.6 Å². The number of nitrogens with zero attached hydrogens (tertiary/aromatic N) is 5. The quantitative estimate of drug-likeness (QED) is 0.712. The van der Waals surface area contributed by atoms with Crippen LogP contribution in [0.2, 0.25) is 0 Å². The Hall–Kier alpha value is -2.57. The van der Waals surface area contributed by atoms with Gasteiger partial charge >= 0.3 is 0 Å². The first-order chi connectivity index (χ1) is 8.83. The van der Waals surface area contributed by atoms with Crippen LogP contribution in [0.25, 0.3) is 11.0 Å². The third-order valence-corrected chi connectivity index (χ3v) is 2.49. The number of fused-ring (bicyclic) bond motifs is 1. The van der Waals surface area contributed by atoms with E-state index < -0.39 is 0 Å². The van der Waals surface area contributed by atoms with Crippen molar-refractivity contribution < 1.29 is 0 Å². The number of rotatable bonds is 3. The summed E-state index contributed by atoms with van der Waals surface area (Å²) in [5.41, 5.74) is 2.47. The van der Waals surface area contributed by atoms with Crippen LogP contribution in [0.3, 0.4) is 0 Å². The van der Waals surface area contributed by atoms with Crippen LogP contribution in [0.1, 0.15) is 11.4 Å². The molecule has 0 spiro atoms. The topological polar surface area (TPSA) is 92.3 Å². The fourth-order valence-electron chi connectivity index (χ4n) is 1.68. The second-order valence-corrected chi connectivity index (χ2v) is 3.86. The van der Waals surface area contributed by atoms with Gasteiger partial charge in [-0.25, -0.2) is 9.97 Å². The summed E-state index contributed by atoms with van der Waals surface area (Å²) in [7, 11) is 0. The minimum absolute atomic E-state index is 0.561. The Balaban J connectivity index is 1.83. The first-order valence-electron chi connectivity index (χ1n) is 5.48.